The zero-order valence-electron chi connectivity index (χ0n) is 15.4. The number of aliphatic imine (C=N–C) groups is 1. The predicted molar refractivity (Wildman–Crippen MR) is 95.3 cm³/mol. The number of hydrogen-bond acceptors (Lipinski definition) is 3. The molecule has 24 heavy (non-hydrogen) atoms. The minimum Gasteiger partial charge on any atom is -0.381 e. The van der Waals surface area contributed by atoms with E-state index in [1.807, 2.05) is 0 Å². The van der Waals surface area contributed by atoms with E-state index in [4.69, 9.17) is 14.5 Å². The van der Waals surface area contributed by atoms with Gasteiger partial charge in [0.25, 0.3) is 0 Å². The van der Waals surface area contributed by atoms with Gasteiger partial charge < -0.3 is 19.7 Å². The maximum absolute atomic E-state index is 6.00. The number of likely N-dealkylation sites (tertiary alicyclic amines) is 1. The number of nitrogens with one attached hydrogen (secondary N) is 1. The Morgan fingerprint density at radius 1 is 1.29 bits per heavy atom. The van der Waals surface area contributed by atoms with Crippen molar-refractivity contribution in [1.29, 1.82) is 0 Å². The highest BCUT2D eigenvalue weighted by Crippen LogP contribution is 2.57. The van der Waals surface area contributed by atoms with Crippen LogP contribution in [0.15, 0.2) is 4.99 Å². The Balaban J connectivity index is 1.41. The number of nitrogens with zero attached hydrogens (tertiary/aromatic N) is 2. The van der Waals surface area contributed by atoms with Crippen LogP contribution in [0.5, 0.6) is 0 Å². The average Bonchev–Trinajstić information content (AvgIpc) is 3.14. The van der Waals surface area contributed by atoms with Crippen molar-refractivity contribution in [2.24, 2.45) is 15.8 Å². The third-order valence-corrected chi connectivity index (χ3v) is 6.97. The second kappa shape index (κ2) is 6.49. The Labute approximate surface area is 146 Å². The van der Waals surface area contributed by atoms with Gasteiger partial charge >= 0.3 is 0 Å². The van der Waals surface area contributed by atoms with Crippen LogP contribution in [-0.4, -0.2) is 62.5 Å². The number of ether oxygens (including phenoxy) is 2. The van der Waals surface area contributed by atoms with E-state index in [0.29, 0.717) is 23.0 Å². The monoisotopic (exact) mass is 335 g/mol. The van der Waals surface area contributed by atoms with Gasteiger partial charge in [-0.15, -0.1) is 0 Å². The molecule has 2 spiro atoms. The molecule has 0 aromatic rings. The van der Waals surface area contributed by atoms with Crippen molar-refractivity contribution in [2.75, 3.05) is 39.5 Å². The summed E-state index contributed by atoms with van der Waals surface area (Å²) in [6, 6.07) is 0.546. The molecule has 2 saturated heterocycles. The van der Waals surface area contributed by atoms with Gasteiger partial charge in [-0.2, -0.15) is 0 Å². The molecule has 136 valence electrons. The number of rotatable bonds is 4. The summed E-state index contributed by atoms with van der Waals surface area (Å²) in [7, 11) is 0. The molecule has 4 aliphatic rings. The first-order valence-electron chi connectivity index (χ1n) is 9.97. The van der Waals surface area contributed by atoms with Crippen LogP contribution in [0, 0.1) is 10.8 Å². The summed E-state index contributed by atoms with van der Waals surface area (Å²) in [4.78, 5) is 7.31. The first-order valence-corrected chi connectivity index (χ1v) is 9.97. The normalized spacial score (nSPS) is 37.8. The second-order valence-electron chi connectivity index (χ2n) is 8.24. The lowest BCUT2D eigenvalue weighted by Crippen LogP contribution is -2.68. The lowest BCUT2D eigenvalue weighted by atomic mass is 9.51. The summed E-state index contributed by atoms with van der Waals surface area (Å²) in [5.41, 5.74) is 0.774. The van der Waals surface area contributed by atoms with Crippen LogP contribution in [0.4, 0.5) is 0 Å². The van der Waals surface area contributed by atoms with E-state index >= 15 is 0 Å². The van der Waals surface area contributed by atoms with Crippen LogP contribution in [0.25, 0.3) is 0 Å². The van der Waals surface area contributed by atoms with Gasteiger partial charge in [0, 0.05) is 49.7 Å². The van der Waals surface area contributed by atoms with Crippen LogP contribution in [-0.2, 0) is 9.47 Å². The van der Waals surface area contributed by atoms with E-state index in [2.05, 4.69) is 24.1 Å². The topological polar surface area (TPSA) is 46.1 Å². The van der Waals surface area contributed by atoms with Crippen molar-refractivity contribution in [3.8, 4) is 0 Å². The minimum absolute atomic E-state index is 0.387. The maximum atomic E-state index is 6.00. The van der Waals surface area contributed by atoms with Crippen LogP contribution < -0.4 is 5.32 Å². The Bertz CT molecular complexity index is 483. The Morgan fingerprint density at radius 3 is 2.79 bits per heavy atom. The lowest BCUT2D eigenvalue weighted by molar-refractivity contribution is -0.168. The van der Waals surface area contributed by atoms with Gasteiger partial charge in [-0.1, -0.05) is 6.42 Å². The molecule has 5 heteroatoms. The Hall–Kier alpha value is -0.810. The minimum atomic E-state index is 0.387. The van der Waals surface area contributed by atoms with Crippen molar-refractivity contribution in [3.63, 3.8) is 0 Å². The lowest BCUT2D eigenvalue weighted by Gasteiger charge is -2.61. The molecule has 0 aromatic heterocycles. The van der Waals surface area contributed by atoms with Crippen LogP contribution >= 0.6 is 0 Å². The summed E-state index contributed by atoms with van der Waals surface area (Å²) in [5, 5.41) is 3.84. The molecule has 4 fully saturated rings. The molecular formula is C19H33N3O2. The van der Waals surface area contributed by atoms with Crippen molar-refractivity contribution >= 4 is 5.96 Å². The highest BCUT2D eigenvalue weighted by molar-refractivity contribution is 5.81. The molecule has 2 aliphatic carbocycles. The Morgan fingerprint density at radius 2 is 2.17 bits per heavy atom. The number of guanidine groups is 1. The predicted octanol–water partition coefficient (Wildman–Crippen LogP) is 2.41. The van der Waals surface area contributed by atoms with E-state index in [1.165, 1.54) is 32.1 Å². The average molecular weight is 335 g/mol. The number of hydrogen-bond donors (Lipinski definition) is 1. The fourth-order valence-corrected chi connectivity index (χ4v) is 5.27. The summed E-state index contributed by atoms with van der Waals surface area (Å²) >= 11 is 0. The van der Waals surface area contributed by atoms with Gasteiger partial charge in [-0.3, -0.25) is 4.99 Å². The molecule has 5 nitrogen and oxygen atoms in total. The fourth-order valence-electron chi connectivity index (χ4n) is 5.27. The molecule has 1 N–H and O–H groups in total. The molecule has 2 saturated carbocycles. The third kappa shape index (κ3) is 2.64. The van der Waals surface area contributed by atoms with Gasteiger partial charge in [0.15, 0.2) is 5.96 Å². The molecule has 3 atom stereocenters. The molecule has 4 rings (SSSR count). The van der Waals surface area contributed by atoms with E-state index < -0.39 is 0 Å². The van der Waals surface area contributed by atoms with E-state index in [0.717, 1.165) is 51.8 Å². The summed E-state index contributed by atoms with van der Waals surface area (Å²) in [6.45, 7) is 10.0. The highest BCUT2D eigenvalue weighted by atomic mass is 16.5. The Kier molecular flexibility index (Phi) is 4.50. The van der Waals surface area contributed by atoms with Crippen LogP contribution in [0.2, 0.25) is 0 Å². The highest BCUT2D eigenvalue weighted by Gasteiger charge is 2.59. The van der Waals surface area contributed by atoms with E-state index in [9.17, 15) is 0 Å². The smallest absolute Gasteiger partial charge is 0.194 e. The van der Waals surface area contributed by atoms with Gasteiger partial charge in [0.1, 0.15) is 0 Å². The molecule has 0 amide bonds. The fraction of sp³-hybridized carbons (Fsp3) is 0.947. The van der Waals surface area contributed by atoms with Crippen molar-refractivity contribution in [2.45, 2.75) is 64.5 Å². The maximum Gasteiger partial charge on any atom is 0.194 e. The zero-order chi connectivity index (χ0) is 16.6. The third-order valence-electron chi connectivity index (χ3n) is 6.97. The largest absolute Gasteiger partial charge is 0.381 e. The standard InChI is InChI=1S/C19H33N3O2/c1-3-20-17(22-10-8-18(13-22)9-11-23-14-18)21-15-12-16(24-4-2)19(15)6-5-7-19/h15-16H,3-14H2,1-2H3,(H,20,21). The first-order chi connectivity index (χ1) is 11.7. The molecule has 3 unspecified atom stereocenters. The van der Waals surface area contributed by atoms with Crippen LogP contribution in [0.3, 0.4) is 0 Å². The summed E-state index contributed by atoms with van der Waals surface area (Å²) < 4.78 is 11.7. The molecule has 2 aliphatic heterocycles. The molecule has 0 bridgehead atoms. The van der Waals surface area contributed by atoms with Crippen molar-refractivity contribution < 1.29 is 9.47 Å². The van der Waals surface area contributed by atoms with E-state index in [1.54, 1.807) is 0 Å². The summed E-state index contributed by atoms with van der Waals surface area (Å²) in [6.07, 6.45) is 8.03. The quantitative estimate of drug-likeness (QED) is 0.633. The van der Waals surface area contributed by atoms with Crippen molar-refractivity contribution in [3.05, 3.63) is 0 Å². The molecule has 2 heterocycles. The molecule has 0 radical (unpaired) electrons. The van der Waals surface area contributed by atoms with Gasteiger partial charge in [0.2, 0.25) is 0 Å². The van der Waals surface area contributed by atoms with Gasteiger partial charge in [0.05, 0.1) is 12.7 Å². The molecule has 0 aromatic carbocycles. The van der Waals surface area contributed by atoms with Gasteiger partial charge in [-0.05, 0) is 46.0 Å². The first kappa shape index (κ1) is 16.6. The van der Waals surface area contributed by atoms with Gasteiger partial charge in [-0.25, -0.2) is 0 Å². The van der Waals surface area contributed by atoms with Crippen LogP contribution in [0.1, 0.15) is 52.4 Å². The summed E-state index contributed by atoms with van der Waals surface area (Å²) in [5.74, 6) is 1.13. The van der Waals surface area contributed by atoms with Crippen molar-refractivity contribution in [1.82, 2.24) is 10.2 Å². The molecular weight excluding hydrogens is 302 g/mol. The SMILES string of the molecule is CCN=C(NC1CC(OCC)C12CCC2)N1CCC2(CCOC2)C1. The van der Waals surface area contributed by atoms with E-state index in [-0.39, 0.29) is 0 Å². The second-order valence-corrected chi connectivity index (χ2v) is 8.24. The zero-order valence-corrected chi connectivity index (χ0v) is 15.4.